The van der Waals surface area contributed by atoms with Gasteiger partial charge in [0.25, 0.3) is 5.91 Å². The molecule has 7 heteroatoms. The summed E-state index contributed by atoms with van der Waals surface area (Å²) in [5.41, 5.74) is 1.88. The SMILES string of the molecule is COc1c(I)cc(/C=C2\SC(=Nc3ccccc3)N(C3CCCCC3)C2=O)cc1I. The van der Waals surface area contributed by atoms with E-state index in [0.29, 0.717) is 0 Å². The van der Waals surface area contributed by atoms with E-state index >= 15 is 0 Å². The Hall–Kier alpha value is -1.07. The number of para-hydroxylation sites is 1. The summed E-state index contributed by atoms with van der Waals surface area (Å²) in [6.07, 6.45) is 7.68. The van der Waals surface area contributed by atoms with Crippen molar-refractivity contribution < 1.29 is 9.53 Å². The summed E-state index contributed by atoms with van der Waals surface area (Å²) in [5.74, 6) is 0.946. The van der Waals surface area contributed by atoms with Crippen LogP contribution in [-0.2, 0) is 4.79 Å². The van der Waals surface area contributed by atoms with Crippen LogP contribution >= 0.6 is 56.9 Å². The smallest absolute Gasteiger partial charge is 0.267 e. The number of methoxy groups -OCH3 is 1. The van der Waals surface area contributed by atoms with E-state index in [1.54, 1.807) is 7.11 Å². The van der Waals surface area contributed by atoms with Crippen molar-refractivity contribution in [3.8, 4) is 5.75 Å². The molecule has 0 spiro atoms. The predicted molar refractivity (Wildman–Crippen MR) is 141 cm³/mol. The van der Waals surface area contributed by atoms with Gasteiger partial charge in [-0.15, -0.1) is 0 Å². The maximum atomic E-state index is 13.4. The van der Waals surface area contributed by atoms with Crippen molar-refractivity contribution in [3.05, 3.63) is 60.1 Å². The Labute approximate surface area is 208 Å². The molecule has 2 aliphatic rings. The fourth-order valence-corrected chi connectivity index (χ4v) is 7.16. The molecule has 1 amide bonds. The Bertz CT molecular complexity index is 979. The minimum Gasteiger partial charge on any atom is -0.495 e. The highest BCUT2D eigenvalue weighted by Gasteiger charge is 2.38. The first kappa shape index (κ1) is 22.1. The number of rotatable bonds is 4. The Morgan fingerprint density at radius 1 is 1.10 bits per heavy atom. The van der Waals surface area contributed by atoms with E-state index < -0.39 is 0 Å². The van der Waals surface area contributed by atoms with Crippen LogP contribution in [0.15, 0.2) is 52.4 Å². The van der Waals surface area contributed by atoms with Crippen LogP contribution in [0.2, 0.25) is 0 Å². The average molecular weight is 644 g/mol. The standard InChI is InChI=1S/C23H22I2N2O2S/c1-29-21-18(24)12-15(13-19(21)25)14-20-22(28)27(17-10-6-3-7-11-17)23(30-20)26-16-8-4-2-5-9-16/h2,4-5,8-9,12-14,17H,3,6-7,10-11H2,1H3/b20-14-,26-23?. The maximum Gasteiger partial charge on any atom is 0.267 e. The van der Waals surface area contributed by atoms with Gasteiger partial charge in [0, 0.05) is 6.04 Å². The second-order valence-electron chi connectivity index (χ2n) is 7.33. The van der Waals surface area contributed by atoms with Crippen molar-refractivity contribution in [2.75, 3.05) is 7.11 Å². The van der Waals surface area contributed by atoms with Gasteiger partial charge in [0.1, 0.15) is 5.75 Å². The van der Waals surface area contributed by atoms with Crippen LogP contribution in [0.3, 0.4) is 0 Å². The number of amides is 1. The van der Waals surface area contributed by atoms with Crippen molar-refractivity contribution in [2.45, 2.75) is 38.1 Å². The molecule has 1 saturated heterocycles. The molecule has 4 rings (SSSR count). The third-order valence-electron chi connectivity index (χ3n) is 5.28. The van der Waals surface area contributed by atoms with E-state index in [1.165, 1.54) is 31.0 Å². The highest BCUT2D eigenvalue weighted by atomic mass is 127. The van der Waals surface area contributed by atoms with Crippen LogP contribution < -0.4 is 4.74 Å². The van der Waals surface area contributed by atoms with E-state index in [9.17, 15) is 4.79 Å². The maximum absolute atomic E-state index is 13.4. The minimum atomic E-state index is 0.0717. The molecule has 0 aromatic heterocycles. The summed E-state index contributed by atoms with van der Waals surface area (Å²) in [6.45, 7) is 0. The Kier molecular flexibility index (Phi) is 7.40. The van der Waals surface area contributed by atoms with E-state index in [-0.39, 0.29) is 11.9 Å². The number of carbonyl (C=O) groups is 1. The van der Waals surface area contributed by atoms with Gasteiger partial charge in [-0.2, -0.15) is 0 Å². The lowest BCUT2D eigenvalue weighted by Crippen LogP contribution is -2.40. The fourth-order valence-electron chi connectivity index (χ4n) is 3.85. The summed E-state index contributed by atoms with van der Waals surface area (Å²) >= 11 is 6.04. The molecule has 0 N–H and O–H groups in total. The molecule has 0 radical (unpaired) electrons. The topological polar surface area (TPSA) is 41.9 Å². The van der Waals surface area contributed by atoms with Gasteiger partial charge >= 0.3 is 0 Å². The van der Waals surface area contributed by atoms with Gasteiger partial charge in [0.05, 0.1) is 24.8 Å². The number of nitrogens with zero attached hydrogens (tertiary/aromatic N) is 2. The molecule has 4 nitrogen and oxygen atoms in total. The number of aliphatic imine (C=N–C) groups is 1. The lowest BCUT2D eigenvalue weighted by atomic mass is 9.94. The van der Waals surface area contributed by atoms with Gasteiger partial charge in [0.2, 0.25) is 0 Å². The van der Waals surface area contributed by atoms with E-state index in [0.717, 1.165) is 47.1 Å². The van der Waals surface area contributed by atoms with Crippen molar-refractivity contribution in [1.29, 1.82) is 0 Å². The number of amidine groups is 1. The van der Waals surface area contributed by atoms with E-state index in [1.807, 2.05) is 41.3 Å². The number of hydrogen-bond donors (Lipinski definition) is 0. The molecular weight excluding hydrogens is 622 g/mol. The molecule has 1 aliphatic carbocycles. The number of halogens is 2. The van der Waals surface area contributed by atoms with Gasteiger partial charge in [0.15, 0.2) is 5.17 Å². The first-order chi connectivity index (χ1) is 14.6. The lowest BCUT2D eigenvalue weighted by Gasteiger charge is -2.30. The van der Waals surface area contributed by atoms with E-state index in [2.05, 4.69) is 57.3 Å². The normalized spacial score (nSPS) is 20.4. The molecule has 0 atom stereocenters. The molecule has 1 aliphatic heterocycles. The largest absolute Gasteiger partial charge is 0.495 e. The second-order valence-corrected chi connectivity index (χ2v) is 10.7. The van der Waals surface area contributed by atoms with Crippen LogP contribution in [-0.4, -0.2) is 29.1 Å². The summed E-state index contributed by atoms with van der Waals surface area (Å²) in [4.78, 5) is 20.9. The lowest BCUT2D eigenvalue weighted by molar-refractivity contribution is -0.124. The third kappa shape index (κ3) is 4.88. The van der Waals surface area contributed by atoms with Crippen molar-refractivity contribution in [3.63, 3.8) is 0 Å². The molecule has 2 aromatic carbocycles. The van der Waals surface area contributed by atoms with Crippen LogP contribution in [0.25, 0.3) is 6.08 Å². The molecule has 0 bridgehead atoms. The second kappa shape index (κ2) is 10.0. The van der Waals surface area contributed by atoms with Gasteiger partial charge in [-0.05, 0) is 106 Å². The van der Waals surface area contributed by atoms with E-state index in [4.69, 9.17) is 9.73 Å². The predicted octanol–water partition coefficient (Wildman–Crippen LogP) is 6.84. The molecule has 2 aromatic rings. The van der Waals surface area contributed by atoms with Crippen molar-refractivity contribution >= 4 is 79.8 Å². The zero-order chi connectivity index (χ0) is 21.1. The first-order valence-corrected chi connectivity index (χ1v) is 12.9. The van der Waals surface area contributed by atoms with Crippen LogP contribution in [0.1, 0.15) is 37.7 Å². The van der Waals surface area contributed by atoms with Crippen molar-refractivity contribution in [1.82, 2.24) is 4.90 Å². The number of thioether (sulfide) groups is 1. The molecular formula is C23H22I2N2O2S. The first-order valence-electron chi connectivity index (χ1n) is 9.96. The Morgan fingerprint density at radius 3 is 2.40 bits per heavy atom. The molecule has 30 heavy (non-hydrogen) atoms. The van der Waals surface area contributed by atoms with Crippen LogP contribution in [0.5, 0.6) is 5.75 Å². The zero-order valence-electron chi connectivity index (χ0n) is 16.6. The summed E-state index contributed by atoms with van der Waals surface area (Å²) in [6, 6.07) is 14.2. The van der Waals surface area contributed by atoms with Gasteiger partial charge < -0.3 is 4.74 Å². The number of hydrogen-bond acceptors (Lipinski definition) is 4. The zero-order valence-corrected chi connectivity index (χ0v) is 21.7. The summed E-state index contributed by atoms with van der Waals surface area (Å²) in [5, 5.41) is 0.794. The third-order valence-corrected chi connectivity index (χ3v) is 7.87. The fraction of sp³-hybridized carbons (Fsp3) is 0.304. The Morgan fingerprint density at radius 2 is 1.77 bits per heavy atom. The van der Waals surface area contributed by atoms with Crippen molar-refractivity contribution in [2.24, 2.45) is 4.99 Å². The van der Waals surface area contributed by atoms with Crippen LogP contribution in [0.4, 0.5) is 5.69 Å². The monoisotopic (exact) mass is 644 g/mol. The highest BCUT2D eigenvalue weighted by Crippen LogP contribution is 2.39. The summed E-state index contributed by atoms with van der Waals surface area (Å²) in [7, 11) is 1.68. The molecule has 1 saturated carbocycles. The number of benzene rings is 2. The van der Waals surface area contributed by atoms with Crippen LogP contribution in [0, 0.1) is 7.14 Å². The van der Waals surface area contributed by atoms with Gasteiger partial charge in [-0.1, -0.05) is 37.5 Å². The number of carbonyl (C=O) groups excluding carboxylic acids is 1. The molecule has 156 valence electrons. The quantitative estimate of drug-likeness (QED) is 0.271. The number of ether oxygens (including phenoxy) is 1. The van der Waals surface area contributed by atoms with Gasteiger partial charge in [-0.3, -0.25) is 9.69 Å². The molecule has 0 unspecified atom stereocenters. The summed E-state index contributed by atoms with van der Waals surface area (Å²) < 4.78 is 7.53. The average Bonchev–Trinajstić information content (AvgIpc) is 3.04. The molecule has 1 heterocycles. The molecule has 2 fully saturated rings. The highest BCUT2D eigenvalue weighted by molar-refractivity contribution is 14.1. The van der Waals surface area contributed by atoms with Gasteiger partial charge in [-0.25, -0.2) is 4.99 Å². The Balaban J connectivity index is 1.71. The minimum absolute atomic E-state index is 0.0717.